The Morgan fingerprint density at radius 2 is 1.78 bits per heavy atom. The molecule has 166 valence electrons. The van der Waals surface area contributed by atoms with Crippen molar-refractivity contribution in [3.63, 3.8) is 0 Å². The highest BCUT2D eigenvalue weighted by Gasteiger charge is 2.28. The van der Waals surface area contributed by atoms with E-state index in [1.54, 1.807) is 37.3 Å². The molecule has 0 saturated carbocycles. The highest BCUT2D eigenvalue weighted by molar-refractivity contribution is 7.92. The third-order valence-corrected chi connectivity index (χ3v) is 6.95. The van der Waals surface area contributed by atoms with Crippen molar-refractivity contribution in [1.82, 2.24) is 9.78 Å². The number of aryl methyl sites for hydroxylation is 3. The number of rotatable bonds is 5. The van der Waals surface area contributed by atoms with Crippen LogP contribution < -0.4 is 10.0 Å². The van der Waals surface area contributed by atoms with E-state index in [1.807, 2.05) is 26.0 Å². The summed E-state index contributed by atoms with van der Waals surface area (Å²) >= 11 is 0. The second-order valence-electron chi connectivity index (χ2n) is 7.83. The molecule has 1 aliphatic rings. The van der Waals surface area contributed by atoms with Crippen molar-refractivity contribution < 1.29 is 18.0 Å². The van der Waals surface area contributed by atoms with Gasteiger partial charge in [0.2, 0.25) is 11.8 Å². The molecule has 2 N–H and O–H groups in total. The third kappa shape index (κ3) is 4.03. The van der Waals surface area contributed by atoms with Gasteiger partial charge in [0.1, 0.15) is 5.82 Å². The molecule has 0 bridgehead atoms. The minimum atomic E-state index is -3.87. The van der Waals surface area contributed by atoms with Crippen LogP contribution in [0.25, 0.3) is 11.1 Å². The summed E-state index contributed by atoms with van der Waals surface area (Å²) in [7, 11) is -3.87. The van der Waals surface area contributed by atoms with Crippen molar-refractivity contribution in [2.45, 2.75) is 44.9 Å². The molecule has 0 fully saturated rings. The lowest BCUT2D eigenvalue weighted by Crippen LogP contribution is -2.15. The lowest BCUT2D eigenvalue weighted by Gasteiger charge is -2.13. The number of anilines is 2. The number of sulfonamides is 1. The van der Waals surface area contributed by atoms with E-state index in [1.165, 1.54) is 4.68 Å². The molecule has 1 aromatic heterocycles. The van der Waals surface area contributed by atoms with Crippen molar-refractivity contribution in [2.75, 3.05) is 10.0 Å². The number of carbonyl (C=O) groups excluding carboxylic acids is 2. The molecule has 1 amide bonds. The smallest absolute Gasteiger partial charge is 0.262 e. The van der Waals surface area contributed by atoms with Crippen molar-refractivity contribution in [3.05, 3.63) is 59.3 Å². The number of benzene rings is 2. The van der Waals surface area contributed by atoms with E-state index in [0.717, 1.165) is 5.56 Å². The fourth-order valence-corrected chi connectivity index (χ4v) is 5.04. The van der Waals surface area contributed by atoms with Gasteiger partial charge in [-0.25, -0.2) is 8.42 Å². The number of nitrogens with zero attached hydrogens (tertiary/aromatic N) is 2. The zero-order valence-corrected chi connectivity index (χ0v) is 18.9. The molecule has 8 nitrogen and oxygen atoms in total. The Balaban J connectivity index is 1.82. The molecule has 0 spiro atoms. The van der Waals surface area contributed by atoms with Gasteiger partial charge in [-0.1, -0.05) is 36.8 Å². The number of fused-ring (bicyclic) bond motifs is 1. The molecule has 0 unspecified atom stereocenters. The maximum absolute atomic E-state index is 13.2. The SMILES string of the molecule is CCc1nn2c(c1-c1ccc(C)c(S(=O)(=O)Nc3ccc(C)cc3)c1)NC(=O)CCC2=O. The van der Waals surface area contributed by atoms with Gasteiger partial charge in [-0.2, -0.15) is 9.78 Å². The van der Waals surface area contributed by atoms with Crippen molar-refractivity contribution in [1.29, 1.82) is 0 Å². The van der Waals surface area contributed by atoms with Crippen molar-refractivity contribution >= 4 is 33.3 Å². The number of aromatic nitrogens is 2. The summed E-state index contributed by atoms with van der Waals surface area (Å²) in [6.45, 7) is 5.54. The topological polar surface area (TPSA) is 110 Å². The first-order valence-corrected chi connectivity index (χ1v) is 11.8. The lowest BCUT2D eigenvalue weighted by molar-refractivity contribution is -0.116. The Morgan fingerprint density at radius 3 is 2.47 bits per heavy atom. The summed E-state index contributed by atoms with van der Waals surface area (Å²) in [6.07, 6.45) is 0.657. The number of carbonyl (C=O) groups is 2. The van der Waals surface area contributed by atoms with Crippen LogP contribution in [0.15, 0.2) is 47.4 Å². The van der Waals surface area contributed by atoms with E-state index in [4.69, 9.17) is 0 Å². The van der Waals surface area contributed by atoms with Gasteiger partial charge in [-0.15, -0.1) is 0 Å². The number of hydrogen-bond donors (Lipinski definition) is 2. The average molecular weight is 453 g/mol. The highest BCUT2D eigenvalue weighted by Crippen LogP contribution is 2.36. The predicted octanol–water partition coefficient (Wildman–Crippen LogP) is 3.90. The van der Waals surface area contributed by atoms with Gasteiger partial charge in [-0.05, 0) is 49.6 Å². The molecule has 1 aliphatic heterocycles. The molecule has 2 heterocycles. The van der Waals surface area contributed by atoms with Crippen LogP contribution >= 0.6 is 0 Å². The van der Waals surface area contributed by atoms with E-state index < -0.39 is 10.0 Å². The number of nitrogens with one attached hydrogen (secondary N) is 2. The van der Waals surface area contributed by atoms with Crippen LogP contribution in [-0.4, -0.2) is 30.0 Å². The molecule has 9 heteroatoms. The highest BCUT2D eigenvalue weighted by atomic mass is 32.2. The van der Waals surface area contributed by atoms with Gasteiger partial charge in [0, 0.05) is 24.1 Å². The number of amides is 1. The van der Waals surface area contributed by atoms with E-state index in [0.29, 0.717) is 34.5 Å². The minimum absolute atomic E-state index is 0.0666. The van der Waals surface area contributed by atoms with Crippen molar-refractivity contribution in [3.8, 4) is 11.1 Å². The fourth-order valence-electron chi connectivity index (χ4n) is 3.71. The van der Waals surface area contributed by atoms with Crippen LogP contribution in [0, 0.1) is 13.8 Å². The Morgan fingerprint density at radius 1 is 1.06 bits per heavy atom. The summed E-state index contributed by atoms with van der Waals surface area (Å²) < 4.78 is 30.2. The van der Waals surface area contributed by atoms with Crippen LogP contribution in [0.4, 0.5) is 11.5 Å². The molecule has 3 aromatic rings. The quantitative estimate of drug-likeness (QED) is 0.610. The Labute approximate surface area is 186 Å². The molecule has 0 saturated heterocycles. The van der Waals surface area contributed by atoms with E-state index in [9.17, 15) is 18.0 Å². The Kier molecular flexibility index (Phi) is 5.60. The zero-order valence-electron chi connectivity index (χ0n) is 18.1. The lowest BCUT2D eigenvalue weighted by atomic mass is 10.0. The average Bonchev–Trinajstić information content (AvgIpc) is 3.05. The molecule has 0 radical (unpaired) electrons. The van der Waals surface area contributed by atoms with Gasteiger partial charge in [0.15, 0.2) is 0 Å². The van der Waals surface area contributed by atoms with Crippen LogP contribution in [0.1, 0.15) is 41.4 Å². The maximum Gasteiger partial charge on any atom is 0.262 e. The summed E-state index contributed by atoms with van der Waals surface area (Å²) in [6, 6.07) is 12.1. The normalized spacial score (nSPS) is 14.0. The van der Waals surface area contributed by atoms with Crippen LogP contribution in [0.3, 0.4) is 0 Å². The first-order chi connectivity index (χ1) is 15.2. The standard InChI is InChI=1S/C23H24N4O4S/c1-4-18-22(23-24-20(28)11-12-21(29)27(23)25-18)16-8-7-15(3)19(13-16)32(30,31)26-17-9-5-14(2)6-10-17/h5-10,13,26H,4,11-12H2,1-3H3,(H,24,28). The molecule has 4 rings (SSSR count). The second kappa shape index (κ2) is 8.23. The van der Waals surface area contributed by atoms with Gasteiger partial charge >= 0.3 is 0 Å². The summed E-state index contributed by atoms with van der Waals surface area (Å²) in [5.74, 6) is -0.268. The molecular formula is C23H24N4O4S. The van der Waals surface area contributed by atoms with E-state index >= 15 is 0 Å². The molecule has 0 aliphatic carbocycles. The molecule has 2 aromatic carbocycles. The van der Waals surface area contributed by atoms with Gasteiger partial charge in [0.25, 0.3) is 10.0 Å². The van der Waals surface area contributed by atoms with Crippen LogP contribution in [0.5, 0.6) is 0 Å². The summed E-state index contributed by atoms with van der Waals surface area (Å²) in [5.41, 5.74) is 3.79. The molecular weight excluding hydrogens is 428 g/mol. The maximum atomic E-state index is 13.2. The largest absolute Gasteiger partial charge is 0.310 e. The number of hydrogen-bond acceptors (Lipinski definition) is 5. The zero-order chi connectivity index (χ0) is 23.0. The second-order valence-corrected chi connectivity index (χ2v) is 9.48. The van der Waals surface area contributed by atoms with Crippen LogP contribution in [0.2, 0.25) is 0 Å². The Hall–Kier alpha value is -3.46. The van der Waals surface area contributed by atoms with Crippen LogP contribution in [-0.2, 0) is 21.2 Å². The van der Waals surface area contributed by atoms with Gasteiger partial charge in [-0.3, -0.25) is 14.3 Å². The molecule has 0 atom stereocenters. The monoisotopic (exact) mass is 452 g/mol. The predicted molar refractivity (Wildman–Crippen MR) is 122 cm³/mol. The van der Waals surface area contributed by atoms with Gasteiger partial charge < -0.3 is 5.32 Å². The first-order valence-electron chi connectivity index (χ1n) is 10.3. The van der Waals surface area contributed by atoms with Crippen molar-refractivity contribution in [2.24, 2.45) is 0 Å². The fraction of sp³-hybridized carbons (Fsp3) is 0.261. The third-order valence-electron chi connectivity index (χ3n) is 5.42. The summed E-state index contributed by atoms with van der Waals surface area (Å²) in [5, 5.41) is 7.17. The Bertz CT molecular complexity index is 1320. The van der Waals surface area contributed by atoms with Gasteiger partial charge in [0.05, 0.1) is 10.6 Å². The summed E-state index contributed by atoms with van der Waals surface area (Å²) in [4.78, 5) is 24.8. The molecule has 32 heavy (non-hydrogen) atoms. The van der Waals surface area contributed by atoms with E-state index in [2.05, 4.69) is 15.1 Å². The first kappa shape index (κ1) is 21.8. The minimum Gasteiger partial charge on any atom is -0.310 e. The van der Waals surface area contributed by atoms with E-state index in [-0.39, 0.29) is 35.4 Å².